The molecule has 1 heterocycles. The maximum atomic E-state index is 12.7. The maximum Gasteiger partial charge on any atom is 0.220 e. The fourth-order valence-corrected chi connectivity index (χ4v) is 1.81. The fourth-order valence-electron chi connectivity index (χ4n) is 1.81. The largest absolute Gasteiger partial charge is 0.467 e. The van der Waals surface area contributed by atoms with Crippen molar-refractivity contribution in [3.05, 3.63) is 59.8 Å². The van der Waals surface area contributed by atoms with Gasteiger partial charge in [-0.05, 0) is 29.8 Å². The lowest BCUT2D eigenvalue weighted by molar-refractivity contribution is -0.126. The summed E-state index contributed by atoms with van der Waals surface area (Å²) in [4.78, 5) is 23.2. The maximum absolute atomic E-state index is 12.7. The molecule has 2 N–H and O–H groups in total. The van der Waals surface area contributed by atoms with Crippen molar-refractivity contribution in [1.29, 1.82) is 0 Å². The molecule has 0 unspecified atom stereocenters. The van der Waals surface area contributed by atoms with Gasteiger partial charge in [0, 0.05) is 19.4 Å². The van der Waals surface area contributed by atoms with Gasteiger partial charge in [-0.1, -0.05) is 12.1 Å². The zero-order valence-corrected chi connectivity index (χ0v) is 12.0. The van der Waals surface area contributed by atoms with Crippen LogP contribution in [0.3, 0.4) is 0 Å². The van der Waals surface area contributed by atoms with E-state index in [4.69, 9.17) is 4.42 Å². The number of halogens is 1. The quantitative estimate of drug-likeness (QED) is 0.823. The van der Waals surface area contributed by atoms with Gasteiger partial charge in [-0.25, -0.2) is 4.39 Å². The normalized spacial score (nSPS) is 10.2. The topological polar surface area (TPSA) is 71.3 Å². The van der Waals surface area contributed by atoms with E-state index in [0.29, 0.717) is 18.8 Å². The summed E-state index contributed by atoms with van der Waals surface area (Å²) in [6.07, 6.45) is 1.74. The molecule has 2 aromatic rings. The third kappa shape index (κ3) is 5.40. The lowest BCUT2D eigenvalue weighted by Gasteiger charge is -2.06. The van der Waals surface area contributed by atoms with Crippen LogP contribution in [-0.4, -0.2) is 11.8 Å². The Bertz CT molecular complexity index is 609. The van der Waals surface area contributed by atoms with Crippen molar-refractivity contribution >= 4 is 11.8 Å². The second-order valence-corrected chi connectivity index (χ2v) is 4.76. The first-order valence-electron chi connectivity index (χ1n) is 6.94. The number of carbonyl (C=O) groups excluding carboxylic acids is 2. The van der Waals surface area contributed by atoms with E-state index in [1.165, 1.54) is 18.4 Å². The summed E-state index contributed by atoms with van der Waals surface area (Å²) in [5.41, 5.74) is 0.803. The standard InChI is InChI=1S/C16H17FN2O3/c17-13-5-3-12(4-6-13)10-18-15(20)7-8-16(21)19-11-14-2-1-9-22-14/h1-6,9H,7-8,10-11H2,(H,18,20)(H,19,21). The molecule has 0 fully saturated rings. The van der Waals surface area contributed by atoms with Gasteiger partial charge in [0.05, 0.1) is 12.8 Å². The second-order valence-electron chi connectivity index (χ2n) is 4.76. The van der Waals surface area contributed by atoms with Crippen LogP contribution in [0.25, 0.3) is 0 Å². The molecule has 0 saturated heterocycles. The average molecular weight is 304 g/mol. The molecule has 0 aliphatic heterocycles. The molecule has 1 aromatic carbocycles. The van der Waals surface area contributed by atoms with E-state index in [1.807, 2.05) is 0 Å². The van der Waals surface area contributed by atoms with Gasteiger partial charge < -0.3 is 15.1 Å². The predicted octanol–water partition coefficient (Wildman–Crippen LogP) is 2.13. The number of amides is 2. The summed E-state index contributed by atoms with van der Waals surface area (Å²) in [5.74, 6) is -0.0942. The van der Waals surface area contributed by atoms with Crippen molar-refractivity contribution in [2.75, 3.05) is 0 Å². The Balaban J connectivity index is 1.62. The molecule has 0 aliphatic rings. The van der Waals surface area contributed by atoms with Crippen LogP contribution in [0.1, 0.15) is 24.2 Å². The Labute approximate surface area is 127 Å². The first kappa shape index (κ1) is 15.8. The highest BCUT2D eigenvalue weighted by Gasteiger charge is 2.07. The highest BCUT2D eigenvalue weighted by Crippen LogP contribution is 2.03. The lowest BCUT2D eigenvalue weighted by Crippen LogP contribution is -2.27. The minimum absolute atomic E-state index is 0.102. The first-order chi connectivity index (χ1) is 10.6. The molecular weight excluding hydrogens is 287 g/mol. The van der Waals surface area contributed by atoms with Crippen LogP contribution in [0, 0.1) is 5.82 Å². The summed E-state index contributed by atoms with van der Waals surface area (Å²) < 4.78 is 17.8. The van der Waals surface area contributed by atoms with Crippen molar-refractivity contribution in [2.45, 2.75) is 25.9 Å². The molecule has 0 bridgehead atoms. The minimum Gasteiger partial charge on any atom is -0.467 e. The molecule has 0 radical (unpaired) electrons. The van der Waals surface area contributed by atoms with Crippen LogP contribution in [0.2, 0.25) is 0 Å². The first-order valence-corrected chi connectivity index (χ1v) is 6.94. The smallest absolute Gasteiger partial charge is 0.220 e. The van der Waals surface area contributed by atoms with Crippen LogP contribution < -0.4 is 10.6 Å². The van der Waals surface area contributed by atoms with E-state index in [2.05, 4.69) is 10.6 Å². The van der Waals surface area contributed by atoms with Crippen molar-refractivity contribution in [1.82, 2.24) is 10.6 Å². The number of carbonyl (C=O) groups is 2. The van der Waals surface area contributed by atoms with Crippen LogP contribution in [0.4, 0.5) is 4.39 Å². The number of hydrogen-bond acceptors (Lipinski definition) is 3. The molecule has 116 valence electrons. The third-order valence-electron chi connectivity index (χ3n) is 3.02. The molecule has 0 atom stereocenters. The molecule has 2 rings (SSSR count). The number of nitrogens with one attached hydrogen (secondary N) is 2. The second kappa shape index (κ2) is 7.97. The average Bonchev–Trinajstić information content (AvgIpc) is 3.04. The Morgan fingerprint density at radius 1 is 0.955 bits per heavy atom. The summed E-state index contributed by atoms with van der Waals surface area (Å²) in [7, 11) is 0. The lowest BCUT2D eigenvalue weighted by atomic mass is 10.2. The molecule has 6 heteroatoms. The molecule has 5 nitrogen and oxygen atoms in total. The van der Waals surface area contributed by atoms with Gasteiger partial charge in [-0.15, -0.1) is 0 Å². The van der Waals surface area contributed by atoms with Gasteiger partial charge in [0.15, 0.2) is 0 Å². The zero-order chi connectivity index (χ0) is 15.8. The van der Waals surface area contributed by atoms with Crippen LogP contribution in [-0.2, 0) is 22.7 Å². The molecule has 0 aliphatic carbocycles. The Morgan fingerprint density at radius 2 is 1.59 bits per heavy atom. The number of rotatable bonds is 7. The van der Waals surface area contributed by atoms with Gasteiger partial charge in [0.25, 0.3) is 0 Å². The van der Waals surface area contributed by atoms with Gasteiger partial charge in [-0.3, -0.25) is 9.59 Å². The van der Waals surface area contributed by atoms with E-state index < -0.39 is 0 Å². The molecule has 0 saturated carbocycles. The summed E-state index contributed by atoms with van der Waals surface area (Å²) in [6.45, 7) is 0.621. The predicted molar refractivity (Wildman–Crippen MR) is 78.0 cm³/mol. The summed E-state index contributed by atoms with van der Waals surface area (Å²) >= 11 is 0. The van der Waals surface area contributed by atoms with Crippen molar-refractivity contribution < 1.29 is 18.4 Å². The molecule has 22 heavy (non-hydrogen) atoms. The molecule has 2 amide bonds. The summed E-state index contributed by atoms with van der Waals surface area (Å²) in [5, 5.41) is 5.35. The number of benzene rings is 1. The van der Waals surface area contributed by atoms with Crippen molar-refractivity contribution in [3.8, 4) is 0 Å². The number of hydrogen-bond donors (Lipinski definition) is 2. The highest BCUT2D eigenvalue weighted by atomic mass is 19.1. The van der Waals surface area contributed by atoms with E-state index in [-0.39, 0.29) is 30.5 Å². The minimum atomic E-state index is -0.316. The van der Waals surface area contributed by atoms with E-state index in [9.17, 15) is 14.0 Å². The van der Waals surface area contributed by atoms with E-state index in [1.54, 1.807) is 24.3 Å². The zero-order valence-electron chi connectivity index (χ0n) is 12.0. The molecule has 1 aromatic heterocycles. The van der Waals surface area contributed by atoms with Gasteiger partial charge in [0.2, 0.25) is 11.8 Å². The molecule has 0 spiro atoms. The van der Waals surface area contributed by atoms with Crippen molar-refractivity contribution in [2.24, 2.45) is 0 Å². The Morgan fingerprint density at radius 3 is 2.18 bits per heavy atom. The van der Waals surface area contributed by atoms with E-state index >= 15 is 0 Å². The van der Waals surface area contributed by atoms with Gasteiger partial charge in [0.1, 0.15) is 11.6 Å². The Kier molecular flexibility index (Phi) is 5.71. The summed E-state index contributed by atoms with van der Waals surface area (Å²) in [6, 6.07) is 9.38. The van der Waals surface area contributed by atoms with Crippen LogP contribution in [0.5, 0.6) is 0 Å². The third-order valence-corrected chi connectivity index (χ3v) is 3.02. The fraction of sp³-hybridized carbons (Fsp3) is 0.250. The van der Waals surface area contributed by atoms with Crippen LogP contribution in [0.15, 0.2) is 47.1 Å². The van der Waals surface area contributed by atoms with Crippen LogP contribution >= 0.6 is 0 Å². The van der Waals surface area contributed by atoms with Crippen molar-refractivity contribution in [3.63, 3.8) is 0 Å². The highest BCUT2D eigenvalue weighted by molar-refractivity contribution is 5.83. The van der Waals surface area contributed by atoms with E-state index in [0.717, 1.165) is 5.56 Å². The van der Waals surface area contributed by atoms with Gasteiger partial charge in [-0.2, -0.15) is 0 Å². The molecular formula is C16H17FN2O3. The SMILES string of the molecule is O=C(CCC(=O)NCc1ccco1)NCc1ccc(F)cc1. The van der Waals surface area contributed by atoms with Gasteiger partial charge >= 0.3 is 0 Å². The number of furan rings is 1. The monoisotopic (exact) mass is 304 g/mol. The Hall–Kier alpha value is -2.63.